The molecule has 2 aromatic rings. The molecule has 3 heterocycles. The maximum Gasteiger partial charge on any atom is 0.254 e. The minimum atomic E-state index is 0.0394. The number of anilines is 1. The van der Waals surface area contributed by atoms with E-state index >= 15 is 0 Å². The van der Waals surface area contributed by atoms with Gasteiger partial charge in [-0.1, -0.05) is 6.07 Å². The standard InChI is InChI=1S/C20H23N3O3/c1-25-16-9-15(10-17(11-16)26-2)20(24)23-8-6-14-12-22(13-18(14)23)19-5-3-4-7-21-19/h3-5,7,9-11,14,18H,6,8,12-13H2,1-2H3. The summed E-state index contributed by atoms with van der Waals surface area (Å²) in [6.45, 7) is 2.57. The second-order valence-corrected chi connectivity index (χ2v) is 6.81. The van der Waals surface area contributed by atoms with Gasteiger partial charge >= 0.3 is 0 Å². The first kappa shape index (κ1) is 16.7. The van der Waals surface area contributed by atoms with Gasteiger partial charge in [-0.25, -0.2) is 4.98 Å². The Bertz CT molecular complexity index is 774. The van der Waals surface area contributed by atoms with E-state index in [1.54, 1.807) is 32.4 Å². The van der Waals surface area contributed by atoms with Gasteiger partial charge in [-0.15, -0.1) is 0 Å². The van der Waals surface area contributed by atoms with E-state index in [0.29, 0.717) is 23.0 Å². The van der Waals surface area contributed by atoms with Crippen LogP contribution >= 0.6 is 0 Å². The highest BCUT2D eigenvalue weighted by molar-refractivity contribution is 5.95. The predicted molar refractivity (Wildman–Crippen MR) is 98.9 cm³/mol. The number of methoxy groups -OCH3 is 2. The number of likely N-dealkylation sites (tertiary alicyclic amines) is 1. The number of aromatic nitrogens is 1. The summed E-state index contributed by atoms with van der Waals surface area (Å²) in [5.74, 6) is 2.78. The van der Waals surface area contributed by atoms with Gasteiger partial charge < -0.3 is 19.3 Å². The Kier molecular flexibility index (Phi) is 4.41. The number of carbonyl (C=O) groups excluding carboxylic acids is 1. The summed E-state index contributed by atoms with van der Waals surface area (Å²) in [6.07, 6.45) is 2.84. The van der Waals surface area contributed by atoms with Crippen LogP contribution in [0.3, 0.4) is 0 Å². The summed E-state index contributed by atoms with van der Waals surface area (Å²) >= 11 is 0. The lowest BCUT2D eigenvalue weighted by molar-refractivity contribution is 0.0737. The Morgan fingerprint density at radius 1 is 1.12 bits per heavy atom. The van der Waals surface area contributed by atoms with E-state index in [9.17, 15) is 4.79 Å². The number of benzene rings is 1. The number of rotatable bonds is 4. The summed E-state index contributed by atoms with van der Waals surface area (Å²) in [7, 11) is 3.19. The van der Waals surface area contributed by atoms with E-state index in [4.69, 9.17) is 9.47 Å². The molecule has 6 nitrogen and oxygen atoms in total. The molecule has 6 heteroatoms. The topological polar surface area (TPSA) is 54.9 Å². The van der Waals surface area contributed by atoms with Gasteiger partial charge in [0.05, 0.1) is 20.3 Å². The lowest BCUT2D eigenvalue weighted by Crippen LogP contribution is -2.39. The van der Waals surface area contributed by atoms with Crippen LogP contribution in [0.2, 0.25) is 0 Å². The van der Waals surface area contributed by atoms with Gasteiger partial charge in [0.25, 0.3) is 5.91 Å². The van der Waals surface area contributed by atoms with E-state index in [-0.39, 0.29) is 11.9 Å². The van der Waals surface area contributed by atoms with Gasteiger partial charge in [0.2, 0.25) is 0 Å². The van der Waals surface area contributed by atoms with Crippen molar-refractivity contribution in [3.8, 4) is 11.5 Å². The van der Waals surface area contributed by atoms with Crippen LogP contribution in [0.1, 0.15) is 16.8 Å². The molecule has 0 spiro atoms. The van der Waals surface area contributed by atoms with Crippen LogP contribution in [0.25, 0.3) is 0 Å². The SMILES string of the molecule is COc1cc(OC)cc(C(=O)N2CCC3CN(c4ccccn4)CC32)c1. The fourth-order valence-electron chi connectivity index (χ4n) is 4.04. The molecule has 2 aliphatic rings. The number of nitrogens with zero attached hydrogens (tertiary/aromatic N) is 3. The molecule has 0 N–H and O–H groups in total. The highest BCUT2D eigenvalue weighted by Gasteiger charge is 2.43. The van der Waals surface area contributed by atoms with Crippen molar-refractivity contribution in [3.63, 3.8) is 0 Å². The molecular formula is C20H23N3O3. The third-order valence-electron chi connectivity index (χ3n) is 5.38. The maximum atomic E-state index is 13.1. The number of pyridine rings is 1. The fourth-order valence-corrected chi connectivity index (χ4v) is 4.04. The summed E-state index contributed by atoms with van der Waals surface area (Å²) < 4.78 is 10.6. The summed E-state index contributed by atoms with van der Waals surface area (Å²) in [6, 6.07) is 11.5. The molecule has 136 valence electrons. The fraction of sp³-hybridized carbons (Fsp3) is 0.400. The van der Waals surface area contributed by atoms with Gasteiger partial charge in [0, 0.05) is 43.4 Å². The van der Waals surface area contributed by atoms with E-state index in [2.05, 4.69) is 9.88 Å². The van der Waals surface area contributed by atoms with Gasteiger partial charge in [0.15, 0.2) is 0 Å². The molecule has 0 radical (unpaired) electrons. The highest BCUT2D eigenvalue weighted by atomic mass is 16.5. The maximum absolute atomic E-state index is 13.1. The highest BCUT2D eigenvalue weighted by Crippen LogP contribution is 2.35. The second-order valence-electron chi connectivity index (χ2n) is 6.81. The average molecular weight is 353 g/mol. The molecule has 1 aromatic carbocycles. The first-order chi connectivity index (χ1) is 12.7. The van der Waals surface area contributed by atoms with Gasteiger partial charge in [-0.3, -0.25) is 4.79 Å². The molecule has 0 aliphatic carbocycles. The molecule has 4 rings (SSSR count). The van der Waals surface area contributed by atoms with Crippen molar-refractivity contribution in [2.24, 2.45) is 5.92 Å². The molecule has 2 aliphatic heterocycles. The number of amides is 1. The second kappa shape index (κ2) is 6.86. The third-order valence-corrected chi connectivity index (χ3v) is 5.38. The van der Waals surface area contributed by atoms with Crippen molar-refractivity contribution < 1.29 is 14.3 Å². The van der Waals surface area contributed by atoms with Gasteiger partial charge in [0.1, 0.15) is 17.3 Å². The Morgan fingerprint density at radius 3 is 2.54 bits per heavy atom. The number of hydrogen-bond acceptors (Lipinski definition) is 5. The zero-order chi connectivity index (χ0) is 18.1. The number of ether oxygens (including phenoxy) is 2. The van der Waals surface area contributed by atoms with Crippen LogP contribution in [-0.4, -0.2) is 55.7 Å². The third kappa shape index (κ3) is 2.96. The summed E-state index contributed by atoms with van der Waals surface area (Å²) in [5.41, 5.74) is 0.609. The smallest absolute Gasteiger partial charge is 0.254 e. The van der Waals surface area contributed by atoms with Crippen LogP contribution in [-0.2, 0) is 0 Å². The average Bonchev–Trinajstić information content (AvgIpc) is 3.28. The Balaban J connectivity index is 1.55. The van der Waals surface area contributed by atoms with Crippen LogP contribution < -0.4 is 14.4 Å². The van der Waals surface area contributed by atoms with Crippen molar-refractivity contribution >= 4 is 11.7 Å². The van der Waals surface area contributed by atoms with Gasteiger partial charge in [-0.2, -0.15) is 0 Å². The molecule has 2 fully saturated rings. The lowest BCUT2D eigenvalue weighted by atomic mass is 10.0. The molecule has 2 unspecified atom stereocenters. The quantitative estimate of drug-likeness (QED) is 0.845. The van der Waals surface area contributed by atoms with Crippen molar-refractivity contribution in [1.29, 1.82) is 0 Å². The van der Waals surface area contributed by atoms with Crippen LogP contribution in [0.15, 0.2) is 42.6 Å². The van der Waals surface area contributed by atoms with Crippen LogP contribution in [0, 0.1) is 5.92 Å². The lowest BCUT2D eigenvalue weighted by Gasteiger charge is -2.25. The zero-order valence-electron chi connectivity index (χ0n) is 15.1. The molecular weight excluding hydrogens is 330 g/mol. The number of hydrogen-bond donors (Lipinski definition) is 0. The molecule has 1 aromatic heterocycles. The van der Waals surface area contributed by atoms with E-state index in [1.165, 1.54) is 0 Å². The minimum absolute atomic E-state index is 0.0394. The molecule has 2 saturated heterocycles. The van der Waals surface area contributed by atoms with Crippen molar-refractivity contribution in [2.45, 2.75) is 12.5 Å². The van der Waals surface area contributed by atoms with E-state index in [0.717, 1.165) is 31.9 Å². The molecule has 26 heavy (non-hydrogen) atoms. The van der Waals surface area contributed by atoms with Crippen molar-refractivity contribution in [3.05, 3.63) is 48.2 Å². The largest absolute Gasteiger partial charge is 0.497 e. The molecule has 2 atom stereocenters. The van der Waals surface area contributed by atoms with E-state index < -0.39 is 0 Å². The zero-order valence-corrected chi connectivity index (χ0v) is 15.1. The molecule has 0 bridgehead atoms. The predicted octanol–water partition coefficient (Wildman–Crippen LogP) is 2.45. The molecule has 0 saturated carbocycles. The normalized spacial score (nSPS) is 21.6. The van der Waals surface area contributed by atoms with Gasteiger partial charge in [-0.05, 0) is 30.7 Å². The summed E-state index contributed by atoms with van der Waals surface area (Å²) in [5, 5.41) is 0. The number of fused-ring (bicyclic) bond motifs is 1. The summed E-state index contributed by atoms with van der Waals surface area (Å²) in [4.78, 5) is 21.9. The minimum Gasteiger partial charge on any atom is -0.497 e. The first-order valence-electron chi connectivity index (χ1n) is 8.89. The Morgan fingerprint density at radius 2 is 1.88 bits per heavy atom. The number of carbonyl (C=O) groups is 1. The van der Waals surface area contributed by atoms with Crippen LogP contribution in [0.5, 0.6) is 11.5 Å². The first-order valence-corrected chi connectivity index (χ1v) is 8.89. The van der Waals surface area contributed by atoms with Crippen LogP contribution in [0.4, 0.5) is 5.82 Å². The monoisotopic (exact) mass is 353 g/mol. The van der Waals surface area contributed by atoms with Crippen molar-refractivity contribution in [2.75, 3.05) is 38.8 Å². The van der Waals surface area contributed by atoms with Crippen molar-refractivity contribution in [1.82, 2.24) is 9.88 Å². The Hall–Kier alpha value is -2.76. The van der Waals surface area contributed by atoms with E-state index in [1.807, 2.05) is 29.3 Å². The Labute approximate surface area is 153 Å². The molecule has 1 amide bonds.